The molecule has 1 aromatic heterocycles. The van der Waals surface area contributed by atoms with E-state index in [0.717, 1.165) is 28.7 Å². The third-order valence-corrected chi connectivity index (χ3v) is 3.85. The molecule has 0 fully saturated rings. The van der Waals surface area contributed by atoms with Crippen LogP contribution in [0.1, 0.15) is 24.2 Å². The number of rotatable bonds is 5. The number of nitrogens with two attached hydrogens (primary N) is 1. The van der Waals surface area contributed by atoms with Crippen LogP contribution >= 0.6 is 0 Å². The highest BCUT2D eigenvalue weighted by Gasteiger charge is 2.14. The lowest BCUT2D eigenvalue weighted by atomic mass is 10.1. The number of aromatic nitrogens is 1. The Morgan fingerprint density at radius 3 is 2.64 bits per heavy atom. The maximum Gasteiger partial charge on any atom is 0.293 e. The monoisotopic (exact) mass is 294 g/mol. The van der Waals surface area contributed by atoms with E-state index in [1.165, 1.54) is 5.56 Å². The first-order valence-corrected chi connectivity index (χ1v) is 7.20. The minimum absolute atomic E-state index is 0.268. The quantitative estimate of drug-likeness (QED) is 0.578. The number of fused-ring (bicyclic) bond motifs is 1. The van der Waals surface area contributed by atoms with Crippen LogP contribution in [0.5, 0.6) is 0 Å². The van der Waals surface area contributed by atoms with Crippen molar-refractivity contribution < 1.29 is 9.53 Å². The molecule has 1 heterocycles. The van der Waals surface area contributed by atoms with Crippen LogP contribution in [0.15, 0.2) is 54.7 Å². The van der Waals surface area contributed by atoms with Crippen LogP contribution < -0.4 is 5.73 Å². The van der Waals surface area contributed by atoms with Gasteiger partial charge in [-0.05, 0) is 30.7 Å². The number of nitrogen functional groups attached to an aromatic ring is 1. The van der Waals surface area contributed by atoms with Gasteiger partial charge in [-0.3, -0.25) is 4.79 Å². The third kappa shape index (κ3) is 2.68. The van der Waals surface area contributed by atoms with Crippen LogP contribution in [0, 0.1) is 0 Å². The van der Waals surface area contributed by atoms with Gasteiger partial charge < -0.3 is 15.0 Å². The number of para-hydroxylation sites is 1. The van der Waals surface area contributed by atoms with E-state index in [9.17, 15) is 4.79 Å². The smallest absolute Gasteiger partial charge is 0.293 e. The predicted molar refractivity (Wildman–Crippen MR) is 87.5 cm³/mol. The van der Waals surface area contributed by atoms with Crippen molar-refractivity contribution >= 4 is 23.1 Å². The first kappa shape index (κ1) is 14.2. The summed E-state index contributed by atoms with van der Waals surface area (Å²) in [7, 11) is 0. The van der Waals surface area contributed by atoms with Gasteiger partial charge in [0.1, 0.15) is 6.10 Å². The normalized spacial score (nSPS) is 12.2. The Hall–Kier alpha value is -2.75. The molecular weight excluding hydrogens is 276 g/mol. The Morgan fingerprint density at radius 2 is 1.91 bits per heavy atom. The molecule has 2 aromatic carbocycles. The average molecular weight is 294 g/mol. The van der Waals surface area contributed by atoms with Crippen LogP contribution in [0.2, 0.25) is 0 Å². The molecule has 4 nitrogen and oxygen atoms in total. The van der Waals surface area contributed by atoms with E-state index in [-0.39, 0.29) is 6.10 Å². The number of ether oxygens (including phenoxy) is 1. The Balaban J connectivity index is 2.02. The zero-order chi connectivity index (χ0) is 15.5. The molecule has 1 atom stereocenters. The summed E-state index contributed by atoms with van der Waals surface area (Å²) in [5, 5.41) is 1.10. The molecule has 0 spiro atoms. The first-order valence-electron chi connectivity index (χ1n) is 7.20. The molecule has 0 radical (unpaired) electrons. The highest BCUT2D eigenvalue weighted by Crippen LogP contribution is 2.28. The van der Waals surface area contributed by atoms with Gasteiger partial charge in [-0.15, -0.1) is 0 Å². The van der Waals surface area contributed by atoms with E-state index in [1.807, 2.05) is 43.3 Å². The Labute approximate surface area is 129 Å². The number of carbonyl (C=O) groups excluding carboxylic acids is 1. The van der Waals surface area contributed by atoms with Gasteiger partial charge >= 0.3 is 0 Å². The number of benzene rings is 2. The standard InChI is InChI=1S/C18H18N2O2/c1-13(22-12-21)17-11-20(18-5-3-2-4-16(17)18)10-14-6-8-15(19)9-7-14/h2-9,11-13H,10,19H2,1H3. The molecule has 0 bridgehead atoms. The van der Waals surface area contributed by atoms with Gasteiger partial charge in [-0.2, -0.15) is 0 Å². The van der Waals surface area contributed by atoms with Crippen LogP contribution in [0.3, 0.4) is 0 Å². The van der Waals surface area contributed by atoms with Crippen molar-refractivity contribution in [3.63, 3.8) is 0 Å². The number of hydrogen-bond donors (Lipinski definition) is 1. The molecule has 0 amide bonds. The molecule has 112 valence electrons. The zero-order valence-corrected chi connectivity index (χ0v) is 12.4. The molecule has 3 aromatic rings. The Kier molecular flexibility index (Phi) is 3.83. The average Bonchev–Trinajstić information content (AvgIpc) is 2.89. The minimum Gasteiger partial charge on any atom is -0.460 e. The van der Waals surface area contributed by atoms with E-state index in [2.05, 4.69) is 22.9 Å². The SMILES string of the molecule is CC(OC=O)c1cn(Cc2ccc(N)cc2)c2ccccc12. The number of hydrogen-bond acceptors (Lipinski definition) is 3. The van der Waals surface area contributed by atoms with Crippen molar-refractivity contribution in [3.05, 3.63) is 65.9 Å². The lowest BCUT2D eigenvalue weighted by Gasteiger charge is -2.07. The molecule has 1 unspecified atom stereocenters. The molecule has 4 heteroatoms. The summed E-state index contributed by atoms with van der Waals surface area (Å²) >= 11 is 0. The van der Waals surface area contributed by atoms with Gasteiger partial charge in [0.15, 0.2) is 0 Å². The highest BCUT2D eigenvalue weighted by molar-refractivity contribution is 5.84. The van der Waals surface area contributed by atoms with Gasteiger partial charge in [-0.25, -0.2) is 0 Å². The van der Waals surface area contributed by atoms with Crippen molar-refractivity contribution in [1.29, 1.82) is 0 Å². The number of carbonyl (C=O) groups is 1. The Morgan fingerprint density at radius 1 is 1.18 bits per heavy atom. The molecule has 0 aliphatic carbocycles. The van der Waals surface area contributed by atoms with E-state index in [0.29, 0.717) is 6.47 Å². The second-order valence-corrected chi connectivity index (χ2v) is 5.35. The summed E-state index contributed by atoms with van der Waals surface area (Å²) in [6.07, 6.45) is 1.78. The van der Waals surface area contributed by atoms with Crippen molar-refractivity contribution in [2.75, 3.05) is 5.73 Å². The fraction of sp³-hybridized carbons (Fsp3) is 0.167. The fourth-order valence-corrected chi connectivity index (χ4v) is 2.71. The predicted octanol–water partition coefficient (Wildman–Crippen LogP) is 3.51. The van der Waals surface area contributed by atoms with Gasteiger partial charge in [0.2, 0.25) is 0 Å². The van der Waals surface area contributed by atoms with Crippen LogP contribution in [0.4, 0.5) is 5.69 Å². The molecule has 0 aliphatic rings. The second kappa shape index (κ2) is 5.93. The maximum atomic E-state index is 10.6. The summed E-state index contributed by atoms with van der Waals surface area (Å²) in [6.45, 7) is 3.12. The van der Waals surface area contributed by atoms with E-state index < -0.39 is 0 Å². The molecule has 2 N–H and O–H groups in total. The first-order chi connectivity index (χ1) is 10.7. The summed E-state index contributed by atoms with van der Waals surface area (Å²) in [6, 6.07) is 16.0. The molecule has 22 heavy (non-hydrogen) atoms. The highest BCUT2D eigenvalue weighted by atomic mass is 16.5. The van der Waals surface area contributed by atoms with Gasteiger partial charge in [0.05, 0.1) is 0 Å². The van der Waals surface area contributed by atoms with Crippen molar-refractivity contribution in [3.8, 4) is 0 Å². The topological polar surface area (TPSA) is 57.2 Å². The van der Waals surface area contributed by atoms with Gasteiger partial charge in [0.25, 0.3) is 6.47 Å². The number of nitrogens with zero attached hydrogens (tertiary/aromatic N) is 1. The fourth-order valence-electron chi connectivity index (χ4n) is 2.71. The molecular formula is C18H18N2O2. The summed E-state index contributed by atoms with van der Waals surface area (Å²) in [5.41, 5.74) is 9.80. The lowest BCUT2D eigenvalue weighted by molar-refractivity contribution is -0.133. The maximum absolute atomic E-state index is 10.6. The van der Waals surface area contributed by atoms with E-state index >= 15 is 0 Å². The van der Waals surface area contributed by atoms with E-state index in [1.54, 1.807) is 0 Å². The van der Waals surface area contributed by atoms with Crippen LogP contribution in [-0.4, -0.2) is 11.0 Å². The molecule has 0 aliphatic heterocycles. The summed E-state index contributed by atoms with van der Waals surface area (Å²) in [5.74, 6) is 0. The molecule has 0 saturated heterocycles. The van der Waals surface area contributed by atoms with Gasteiger partial charge in [0, 0.05) is 34.9 Å². The second-order valence-electron chi connectivity index (χ2n) is 5.35. The van der Waals surface area contributed by atoms with Gasteiger partial charge in [-0.1, -0.05) is 30.3 Å². The summed E-state index contributed by atoms with van der Waals surface area (Å²) in [4.78, 5) is 10.6. The van der Waals surface area contributed by atoms with E-state index in [4.69, 9.17) is 10.5 Å². The van der Waals surface area contributed by atoms with Crippen LogP contribution in [0.25, 0.3) is 10.9 Å². The minimum atomic E-state index is -0.268. The third-order valence-electron chi connectivity index (χ3n) is 3.85. The molecule has 0 saturated carbocycles. The largest absolute Gasteiger partial charge is 0.460 e. The summed E-state index contributed by atoms with van der Waals surface area (Å²) < 4.78 is 7.27. The molecule has 3 rings (SSSR count). The van der Waals surface area contributed by atoms with Crippen molar-refractivity contribution in [2.24, 2.45) is 0 Å². The van der Waals surface area contributed by atoms with Crippen molar-refractivity contribution in [2.45, 2.75) is 19.6 Å². The zero-order valence-electron chi connectivity index (χ0n) is 12.4. The lowest BCUT2D eigenvalue weighted by Crippen LogP contribution is -1.99. The van der Waals surface area contributed by atoms with Crippen molar-refractivity contribution in [1.82, 2.24) is 4.57 Å². The van der Waals surface area contributed by atoms with Crippen LogP contribution in [-0.2, 0) is 16.1 Å². The number of anilines is 1. The Bertz CT molecular complexity index is 790.